The number of ether oxygens (including phenoxy) is 2. The molecular formula is C20H30N2O4S. The Kier molecular flexibility index (Phi) is 5.73. The van der Waals surface area contributed by atoms with Gasteiger partial charge >= 0.3 is 0 Å². The van der Waals surface area contributed by atoms with Gasteiger partial charge in [-0.3, -0.25) is 4.90 Å². The van der Waals surface area contributed by atoms with Crippen molar-refractivity contribution in [1.29, 1.82) is 0 Å². The zero-order chi connectivity index (χ0) is 18.9. The Morgan fingerprint density at radius 3 is 2.63 bits per heavy atom. The average molecular weight is 395 g/mol. The van der Waals surface area contributed by atoms with Crippen LogP contribution in [0.4, 0.5) is 0 Å². The molecule has 2 fully saturated rings. The molecule has 4 aliphatic rings. The van der Waals surface area contributed by atoms with Crippen molar-refractivity contribution in [3.05, 3.63) is 29.8 Å². The Bertz CT molecular complexity index is 746. The number of hydrogen-bond donors (Lipinski definition) is 1. The summed E-state index contributed by atoms with van der Waals surface area (Å²) in [6.07, 6.45) is 6.65. The van der Waals surface area contributed by atoms with E-state index in [1.165, 1.54) is 11.8 Å². The van der Waals surface area contributed by atoms with E-state index in [-0.39, 0.29) is 18.2 Å². The summed E-state index contributed by atoms with van der Waals surface area (Å²) < 4.78 is 38.8. The second-order valence-corrected chi connectivity index (χ2v) is 9.86. The van der Waals surface area contributed by atoms with E-state index < -0.39 is 10.0 Å². The predicted molar refractivity (Wildman–Crippen MR) is 105 cm³/mol. The Balaban J connectivity index is 1.53. The Hall–Kier alpha value is -1.15. The molecule has 1 saturated carbocycles. The number of hydrogen-bond acceptors (Lipinski definition) is 5. The van der Waals surface area contributed by atoms with Crippen LogP contribution in [0, 0.1) is 0 Å². The van der Waals surface area contributed by atoms with Gasteiger partial charge in [-0.05, 0) is 49.7 Å². The molecule has 1 aliphatic carbocycles. The standard InChI is InChI=1S/C20H30N2O4S/c1-27(23,24)21-18-10-11-22-12-13-25-20-5-3-2-4-17(20)15-6-8-16(9-7-15)26-14-19(18)22/h2-5,15-16,18-19,21H,6-14H2,1H3/t15?,16?,18-,19-/m0/s1. The lowest BCUT2D eigenvalue weighted by Crippen LogP contribution is -2.48. The highest BCUT2D eigenvalue weighted by Gasteiger charge is 2.37. The summed E-state index contributed by atoms with van der Waals surface area (Å²) in [5.74, 6) is 1.55. The van der Waals surface area contributed by atoms with Gasteiger partial charge in [-0.1, -0.05) is 18.2 Å². The van der Waals surface area contributed by atoms with Gasteiger partial charge in [0.05, 0.1) is 19.0 Å². The molecule has 5 rings (SSSR count). The minimum atomic E-state index is -3.23. The largest absolute Gasteiger partial charge is 0.492 e. The van der Waals surface area contributed by atoms with Crippen molar-refractivity contribution < 1.29 is 17.9 Å². The van der Waals surface area contributed by atoms with Crippen LogP contribution in [-0.2, 0) is 14.8 Å². The number of nitrogens with zero attached hydrogens (tertiary/aromatic N) is 1. The summed E-state index contributed by atoms with van der Waals surface area (Å²) >= 11 is 0. The van der Waals surface area contributed by atoms with Crippen LogP contribution in [0.5, 0.6) is 5.75 Å². The van der Waals surface area contributed by atoms with Crippen LogP contribution in [0.15, 0.2) is 24.3 Å². The third-order valence-electron chi connectivity index (χ3n) is 6.20. The number of sulfonamides is 1. The number of fused-ring (bicyclic) bond motifs is 5. The Morgan fingerprint density at radius 1 is 1.07 bits per heavy atom. The molecule has 1 aromatic carbocycles. The highest BCUT2D eigenvalue weighted by Crippen LogP contribution is 2.38. The summed E-state index contributed by atoms with van der Waals surface area (Å²) in [6, 6.07) is 8.39. The molecule has 2 atom stereocenters. The number of nitrogens with one attached hydrogen (secondary N) is 1. The van der Waals surface area contributed by atoms with Gasteiger partial charge in [-0.2, -0.15) is 0 Å². The maximum atomic E-state index is 11.8. The van der Waals surface area contributed by atoms with E-state index in [0.29, 0.717) is 19.1 Å². The maximum absolute atomic E-state index is 11.8. The molecule has 7 heteroatoms. The lowest BCUT2D eigenvalue weighted by molar-refractivity contribution is -0.00651. The minimum Gasteiger partial charge on any atom is -0.492 e. The van der Waals surface area contributed by atoms with E-state index in [0.717, 1.165) is 50.9 Å². The lowest BCUT2D eigenvalue weighted by Gasteiger charge is -2.32. The Labute approximate surface area is 162 Å². The molecule has 1 saturated heterocycles. The first-order valence-corrected chi connectivity index (χ1v) is 11.9. The summed E-state index contributed by atoms with van der Waals surface area (Å²) in [5, 5.41) is 0. The van der Waals surface area contributed by atoms with Crippen LogP contribution in [0.25, 0.3) is 0 Å². The molecule has 0 amide bonds. The number of benzene rings is 1. The first-order valence-electron chi connectivity index (χ1n) is 10.0. The average Bonchev–Trinajstić information content (AvgIpc) is 3.01. The van der Waals surface area contributed by atoms with E-state index in [2.05, 4.69) is 27.8 Å². The van der Waals surface area contributed by atoms with Crippen LogP contribution in [-0.4, -0.2) is 64.1 Å². The van der Waals surface area contributed by atoms with Crippen LogP contribution in [0.1, 0.15) is 43.6 Å². The molecule has 3 aliphatic heterocycles. The van der Waals surface area contributed by atoms with E-state index >= 15 is 0 Å². The van der Waals surface area contributed by atoms with Crippen LogP contribution in [0.3, 0.4) is 0 Å². The molecule has 0 aromatic heterocycles. The van der Waals surface area contributed by atoms with Crippen LogP contribution >= 0.6 is 0 Å². The minimum absolute atomic E-state index is 0.0667. The SMILES string of the molecule is CS(=O)(=O)N[C@H]1CCN2CCOc3ccccc3C3CCC(CC3)OC[C@@H]12. The van der Waals surface area contributed by atoms with E-state index in [9.17, 15) is 8.42 Å². The third-order valence-corrected chi connectivity index (χ3v) is 6.93. The normalized spacial score (nSPS) is 32.5. The second-order valence-electron chi connectivity index (χ2n) is 8.08. The maximum Gasteiger partial charge on any atom is 0.209 e. The fourth-order valence-electron chi connectivity index (χ4n) is 4.83. The topological polar surface area (TPSA) is 67.9 Å². The molecular weight excluding hydrogens is 364 g/mol. The number of para-hydroxylation sites is 1. The molecule has 0 radical (unpaired) electrons. The van der Waals surface area contributed by atoms with Crippen molar-refractivity contribution >= 4 is 10.0 Å². The molecule has 0 spiro atoms. The molecule has 1 N–H and O–H groups in total. The molecule has 2 bridgehead atoms. The van der Waals surface area contributed by atoms with Gasteiger partial charge in [-0.25, -0.2) is 13.1 Å². The fraction of sp³-hybridized carbons (Fsp3) is 0.700. The van der Waals surface area contributed by atoms with Crippen LogP contribution in [0.2, 0.25) is 0 Å². The zero-order valence-electron chi connectivity index (χ0n) is 16.0. The van der Waals surface area contributed by atoms with E-state index in [1.54, 1.807) is 0 Å². The van der Waals surface area contributed by atoms with Gasteiger partial charge in [0.2, 0.25) is 10.0 Å². The Morgan fingerprint density at radius 2 is 1.85 bits per heavy atom. The van der Waals surface area contributed by atoms with Gasteiger partial charge < -0.3 is 9.47 Å². The van der Waals surface area contributed by atoms with Crippen molar-refractivity contribution in [3.63, 3.8) is 0 Å². The molecule has 6 nitrogen and oxygen atoms in total. The highest BCUT2D eigenvalue weighted by molar-refractivity contribution is 7.88. The highest BCUT2D eigenvalue weighted by atomic mass is 32.2. The van der Waals surface area contributed by atoms with E-state index in [4.69, 9.17) is 9.47 Å². The summed E-state index contributed by atoms with van der Waals surface area (Å²) in [7, 11) is -3.23. The second kappa shape index (κ2) is 8.07. The lowest BCUT2D eigenvalue weighted by atomic mass is 9.82. The van der Waals surface area contributed by atoms with Crippen molar-refractivity contribution in [2.24, 2.45) is 0 Å². The van der Waals surface area contributed by atoms with Crippen molar-refractivity contribution in [3.8, 4) is 5.75 Å². The van der Waals surface area contributed by atoms with Gasteiger partial charge in [0.15, 0.2) is 0 Å². The fourth-order valence-corrected chi connectivity index (χ4v) is 5.65. The first-order chi connectivity index (χ1) is 13.0. The van der Waals surface area contributed by atoms with Gasteiger partial charge in [0.1, 0.15) is 12.4 Å². The van der Waals surface area contributed by atoms with E-state index in [1.807, 2.05) is 6.07 Å². The summed E-state index contributed by atoms with van der Waals surface area (Å²) in [6.45, 7) is 2.82. The molecule has 150 valence electrons. The van der Waals surface area contributed by atoms with Crippen LogP contribution < -0.4 is 9.46 Å². The van der Waals surface area contributed by atoms with Crippen molar-refractivity contribution in [2.75, 3.05) is 32.6 Å². The smallest absolute Gasteiger partial charge is 0.209 e. The third kappa shape index (κ3) is 4.65. The van der Waals surface area contributed by atoms with Gasteiger partial charge in [0.25, 0.3) is 0 Å². The van der Waals surface area contributed by atoms with Gasteiger partial charge in [0, 0.05) is 25.2 Å². The van der Waals surface area contributed by atoms with Gasteiger partial charge in [-0.15, -0.1) is 0 Å². The quantitative estimate of drug-likeness (QED) is 0.832. The summed E-state index contributed by atoms with van der Waals surface area (Å²) in [5.41, 5.74) is 1.32. The van der Waals surface area contributed by atoms with Crippen molar-refractivity contribution in [1.82, 2.24) is 9.62 Å². The monoisotopic (exact) mass is 394 g/mol. The molecule has 1 aromatic rings. The predicted octanol–water partition coefficient (Wildman–Crippen LogP) is 2.11. The van der Waals surface area contributed by atoms with Crippen molar-refractivity contribution in [2.45, 2.75) is 56.2 Å². The first kappa shape index (κ1) is 19.2. The molecule has 3 heterocycles. The molecule has 27 heavy (non-hydrogen) atoms. The molecule has 0 unspecified atom stereocenters. The summed E-state index contributed by atoms with van der Waals surface area (Å²) in [4.78, 5) is 2.32. The number of rotatable bonds is 2. The zero-order valence-corrected chi connectivity index (χ0v) is 16.8.